The Morgan fingerprint density at radius 2 is 0.925 bits per heavy atom. The average molecular weight is 1150 g/mol. The third-order valence-corrected chi connectivity index (χ3v) is 16.2. The van der Waals surface area contributed by atoms with Crippen LogP contribution in [0.5, 0.6) is 0 Å². The second kappa shape index (κ2) is 39.2. The van der Waals surface area contributed by atoms with Gasteiger partial charge in [-0.15, -0.1) is 0 Å². The number of aliphatic hydroxyl groups excluding tert-OH is 11. The molecule has 0 saturated carbocycles. The van der Waals surface area contributed by atoms with E-state index >= 15 is 0 Å². The maximum atomic E-state index is 13.6. The molecule has 22 heteroatoms. The van der Waals surface area contributed by atoms with Gasteiger partial charge in [-0.05, 0) is 33.1 Å². The molecule has 1 amide bonds. The van der Waals surface area contributed by atoms with Gasteiger partial charge in [0.2, 0.25) is 5.91 Å². The van der Waals surface area contributed by atoms with E-state index in [1.165, 1.54) is 117 Å². The van der Waals surface area contributed by atoms with Gasteiger partial charge in [0, 0.05) is 6.42 Å². The number of amides is 1. The quantitative estimate of drug-likeness (QED) is 0.0310. The fourth-order valence-electron chi connectivity index (χ4n) is 10.9. The molecule has 4 saturated heterocycles. The summed E-state index contributed by atoms with van der Waals surface area (Å²) in [5, 5.41) is 122. The summed E-state index contributed by atoms with van der Waals surface area (Å²) in [4.78, 5) is 13.6. The monoisotopic (exact) mass is 1150 g/mol. The van der Waals surface area contributed by atoms with Gasteiger partial charge in [0.15, 0.2) is 25.2 Å². The highest BCUT2D eigenvalue weighted by Gasteiger charge is 2.55. The average Bonchev–Trinajstić information content (AvgIpc) is 3.58. The highest BCUT2D eigenvalue weighted by Crippen LogP contribution is 2.35. The van der Waals surface area contributed by atoms with Crippen LogP contribution in [-0.2, 0) is 42.7 Å². The predicted molar refractivity (Wildman–Crippen MR) is 295 cm³/mol. The first-order chi connectivity index (χ1) is 38.5. The number of rotatable bonds is 40. The third-order valence-electron chi connectivity index (χ3n) is 16.2. The number of aliphatic hydroxyl groups is 11. The maximum Gasteiger partial charge on any atom is 0.220 e. The van der Waals surface area contributed by atoms with Crippen LogP contribution in [0, 0.1) is 0 Å². The van der Waals surface area contributed by atoms with Crippen LogP contribution in [0.2, 0.25) is 0 Å². The Balaban J connectivity index is 1.49. The van der Waals surface area contributed by atoms with Crippen molar-refractivity contribution in [1.29, 1.82) is 0 Å². The molecule has 0 bridgehead atoms. The van der Waals surface area contributed by atoms with Gasteiger partial charge >= 0.3 is 0 Å². The van der Waals surface area contributed by atoms with Crippen molar-refractivity contribution in [1.82, 2.24) is 5.32 Å². The van der Waals surface area contributed by atoms with E-state index < -0.39 is 148 Å². The van der Waals surface area contributed by atoms with E-state index in [1.807, 2.05) is 6.08 Å². The van der Waals surface area contributed by atoms with Gasteiger partial charge < -0.3 is 105 Å². The summed E-state index contributed by atoms with van der Waals surface area (Å²) < 4.78 is 48.4. The molecule has 14 N–H and O–H groups in total. The van der Waals surface area contributed by atoms with Crippen molar-refractivity contribution >= 4 is 5.91 Å². The molecule has 0 radical (unpaired) electrons. The van der Waals surface area contributed by atoms with E-state index in [0.717, 1.165) is 44.9 Å². The second-order valence-corrected chi connectivity index (χ2v) is 22.9. The standard InChI is InChI=1S/C58H108N2O20/c1-5-7-9-11-13-15-17-19-21-23-25-27-29-31-39(63)38(60-42(64)32-30-28-26-24-22-20-18-16-14-12-10-8-6-2)35-73-55-43(59)53(79-56-50(71)47(68)44(65)36(3)74-56)52(41(34-62)77-55)78-58-54(49(70)46(67)40(33-61)76-58)80-57-51(72)48(69)45(66)37(4)75-57/h29,31,36-41,43-58,61-63,65-72H,5-28,30,32-35,59H2,1-4H3,(H,60,64)/b31-29+/t36?,37?,38?,39?,40?,41?,43?,44-,45-,46+,47?,48?,49?,50?,51?,52-,53?,54?,55-,56+,57+,58+/m1/s1. The molecular formula is C58H108N2O20. The lowest BCUT2D eigenvalue weighted by atomic mass is 9.94. The number of allylic oxidation sites excluding steroid dienone is 1. The summed E-state index contributed by atoms with van der Waals surface area (Å²) in [7, 11) is 0. The first-order valence-electron chi connectivity index (χ1n) is 30.7. The highest BCUT2D eigenvalue weighted by molar-refractivity contribution is 5.76. The molecule has 22 nitrogen and oxygen atoms in total. The van der Waals surface area contributed by atoms with E-state index in [-0.39, 0.29) is 18.9 Å². The Morgan fingerprint density at radius 3 is 1.40 bits per heavy atom. The normalized spacial score (nSPS) is 35.9. The molecule has 14 unspecified atom stereocenters. The molecule has 4 aliphatic rings. The van der Waals surface area contributed by atoms with Crippen LogP contribution >= 0.6 is 0 Å². The summed E-state index contributed by atoms with van der Waals surface area (Å²) in [5.41, 5.74) is 6.90. The number of nitrogens with two attached hydrogens (primary N) is 1. The molecular weight excluding hydrogens is 1040 g/mol. The number of unbranched alkanes of at least 4 members (excludes halogenated alkanes) is 23. The second-order valence-electron chi connectivity index (χ2n) is 22.9. The molecule has 0 aromatic rings. The molecule has 4 heterocycles. The fourth-order valence-corrected chi connectivity index (χ4v) is 10.9. The number of nitrogens with one attached hydrogen (secondary N) is 1. The topological polar surface area (TPSA) is 351 Å². The molecule has 4 fully saturated rings. The highest BCUT2D eigenvalue weighted by atomic mass is 16.8. The summed E-state index contributed by atoms with van der Waals surface area (Å²) in [6, 6.07) is -2.46. The minimum Gasteiger partial charge on any atom is -0.394 e. The lowest BCUT2D eigenvalue weighted by Crippen LogP contribution is -2.69. The minimum absolute atomic E-state index is 0.220. The van der Waals surface area contributed by atoms with Crippen LogP contribution in [0.3, 0.4) is 0 Å². The van der Waals surface area contributed by atoms with E-state index in [4.69, 9.17) is 43.6 Å². The molecule has 4 rings (SSSR count). The fraction of sp³-hybridized carbons (Fsp3) is 0.948. The number of carbonyl (C=O) groups is 1. The molecule has 80 heavy (non-hydrogen) atoms. The van der Waals surface area contributed by atoms with Crippen molar-refractivity contribution in [3.63, 3.8) is 0 Å². The van der Waals surface area contributed by atoms with Crippen molar-refractivity contribution in [2.75, 3.05) is 19.8 Å². The summed E-state index contributed by atoms with van der Waals surface area (Å²) >= 11 is 0. The van der Waals surface area contributed by atoms with Crippen LogP contribution < -0.4 is 11.1 Å². The first kappa shape index (κ1) is 70.9. The maximum absolute atomic E-state index is 13.6. The van der Waals surface area contributed by atoms with Crippen molar-refractivity contribution in [2.45, 2.75) is 330 Å². The Morgan fingerprint density at radius 1 is 0.500 bits per heavy atom. The van der Waals surface area contributed by atoms with Gasteiger partial charge in [0.25, 0.3) is 0 Å². The van der Waals surface area contributed by atoms with Crippen LogP contribution in [0.25, 0.3) is 0 Å². The van der Waals surface area contributed by atoms with Crippen LogP contribution in [0.4, 0.5) is 0 Å². The Bertz CT molecular complexity index is 1640. The van der Waals surface area contributed by atoms with Crippen LogP contribution in [-0.4, -0.2) is 217 Å². The molecule has 0 aliphatic carbocycles. The Hall–Kier alpha value is -1.59. The minimum atomic E-state index is -1.93. The number of hydrogen-bond donors (Lipinski definition) is 13. The van der Waals surface area contributed by atoms with Gasteiger partial charge in [-0.3, -0.25) is 4.79 Å². The molecule has 0 spiro atoms. The molecule has 0 aromatic carbocycles. The van der Waals surface area contributed by atoms with Gasteiger partial charge in [0.05, 0.1) is 50.2 Å². The van der Waals surface area contributed by atoms with E-state index in [2.05, 4.69) is 19.2 Å². The molecule has 22 atom stereocenters. The first-order valence-corrected chi connectivity index (χ1v) is 30.7. The van der Waals surface area contributed by atoms with Crippen LogP contribution in [0.1, 0.15) is 195 Å². The lowest BCUT2D eigenvalue weighted by molar-refractivity contribution is -0.392. The van der Waals surface area contributed by atoms with E-state index in [9.17, 15) is 61.0 Å². The van der Waals surface area contributed by atoms with Gasteiger partial charge in [0.1, 0.15) is 79.4 Å². The van der Waals surface area contributed by atoms with E-state index in [0.29, 0.717) is 12.8 Å². The molecule has 4 aliphatic heterocycles. The largest absolute Gasteiger partial charge is 0.394 e. The van der Waals surface area contributed by atoms with Gasteiger partial charge in [-0.25, -0.2) is 0 Å². The Kier molecular flexibility index (Phi) is 34.7. The number of carbonyl (C=O) groups excluding carboxylic acids is 1. The lowest BCUT2D eigenvalue weighted by Gasteiger charge is -2.50. The van der Waals surface area contributed by atoms with Crippen molar-refractivity contribution < 1.29 is 98.9 Å². The number of ether oxygens (including phenoxy) is 8. The van der Waals surface area contributed by atoms with Crippen molar-refractivity contribution in [2.24, 2.45) is 5.73 Å². The molecule has 470 valence electrons. The summed E-state index contributed by atoms with van der Waals surface area (Å²) in [5.74, 6) is -0.293. The zero-order valence-electron chi connectivity index (χ0n) is 48.5. The predicted octanol–water partition coefficient (Wildman–Crippen LogP) is 2.88. The SMILES string of the molecule is CCCCCCCCCCCCC/C=C/C(O)C(CO[C@@H]1OC(CO)[C@@H](O[C@@H]2OC(CO)[C@H](O)C(O)C2O[C@@H]2OC(C)[C@@H](O)C(O)C2O)C(O[C@@H]2OC(C)[C@@H](O)C(O)C2O)C1N)NC(=O)CCCCCCCCCCCCCCC. The van der Waals surface area contributed by atoms with Crippen molar-refractivity contribution in [3.05, 3.63) is 12.2 Å². The Labute approximate surface area is 476 Å². The molecule has 0 aromatic heterocycles. The zero-order valence-corrected chi connectivity index (χ0v) is 48.5. The van der Waals surface area contributed by atoms with Gasteiger partial charge in [-0.1, -0.05) is 167 Å². The summed E-state index contributed by atoms with van der Waals surface area (Å²) in [6.07, 6.45) is 0.493. The smallest absolute Gasteiger partial charge is 0.220 e. The zero-order chi connectivity index (χ0) is 58.6. The summed E-state index contributed by atoms with van der Waals surface area (Å²) in [6.45, 7) is 5.23. The van der Waals surface area contributed by atoms with E-state index in [1.54, 1.807) is 6.08 Å². The third kappa shape index (κ3) is 23.0. The van der Waals surface area contributed by atoms with Crippen LogP contribution in [0.15, 0.2) is 12.2 Å². The number of hydrogen-bond acceptors (Lipinski definition) is 21. The van der Waals surface area contributed by atoms with Gasteiger partial charge in [-0.2, -0.15) is 0 Å². The van der Waals surface area contributed by atoms with Crippen molar-refractivity contribution in [3.8, 4) is 0 Å².